The van der Waals surface area contributed by atoms with Crippen LogP contribution in [0.15, 0.2) is 24.3 Å². The van der Waals surface area contributed by atoms with Crippen molar-refractivity contribution in [3.05, 3.63) is 24.3 Å². The maximum Gasteiger partial charge on any atom is 0.0557 e. The lowest BCUT2D eigenvalue weighted by atomic mass is 9.87. The summed E-state index contributed by atoms with van der Waals surface area (Å²) in [7, 11) is 0. The first-order chi connectivity index (χ1) is 8.38. The summed E-state index contributed by atoms with van der Waals surface area (Å²) in [6.07, 6.45) is 14.3. The fourth-order valence-corrected chi connectivity index (χ4v) is 3.24. The van der Waals surface area contributed by atoms with E-state index in [0.717, 1.165) is 38.3 Å². The monoisotopic (exact) mass is 234 g/mol. The molecule has 17 heavy (non-hydrogen) atoms. The molecule has 0 saturated carbocycles. The summed E-state index contributed by atoms with van der Waals surface area (Å²) in [5.74, 6) is 1.62. The maximum absolute atomic E-state index is 5.33. The summed E-state index contributed by atoms with van der Waals surface area (Å²) in [4.78, 5) is 0. The molecule has 0 radical (unpaired) electrons. The molecular formula is C15H22O2. The molecule has 3 unspecified atom stereocenters. The molecule has 0 aromatic carbocycles. The lowest BCUT2D eigenvalue weighted by Crippen LogP contribution is -2.13. The molecule has 2 heterocycles. The van der Waals surface area contributed by atoms with Crippen molar-refractivity contribution < 1.29 is 9.47 Å². The van der Waals surface area contributed by atoms with E-state index in [2.05, 4.69) is 24.3 Å². The Balaban J connectivity index is 0.000000107. The van der Waals surface area contributed by atoms with E-state index in [4.69, 9.17) is 9.47 Å². The van der Waals surface area contributed by atoms with E-state index in [1.54, 1.807) is 0 Å². The Morgan fingerprint density at radius 1 is 1.06 bits per heavy atom. The van der Waals surface area contributed by atoms with Crippen molar-refractivity contribution in [2.45, 2.75) is 25.7 Å². The molecule has 0 aromatic rings. The van der Waals surface area contributed by atoms with E-state index in [1.807, 2.05) is 0 Å². The Bertz CT molecular complexity index is 313. The standard InChI is InChI=1S/C8H12O.C7H10O/c1-2-4-8(3-1)5-6-9-7-8;1-2-6-4-8-5-7(6)3-1/h1,3H,2,4-7H2;1-2,6-7H,3-5H2. The highest BCUT2D eigenvalue weighted by Gasteiger charge is 2.33. The summed E-state index contributed by atoms with van der Waals surface area (Å²) < 4.78 is 10.6. The van der Waals surface area contributed by atoms with Crippen LogP contribution in [0.2, 0.25) is 0 Å². The minimum Gasteiger partial charge on any atom is -0.381 e. The highest BCUT2D eigenvalue weighted by atomic mass is 16.5. The Morgan fingerprint density at radius 3 is 2.76 bits per heavy atom. The minimum absolute atomic E-state index is 0.486. The van der Waals surface area contributed by atoms with Gasteiger partial charge in [0.25, 0.3) is 0 Å². The average Bonchev–Trinajstić information content (AvgIpc) is 3.06. The van der Waals surface area contributed by atoms with Crippen LogP contribution in [0.3, 0.4) is 0 Å². The molecule has 94 valence electrons. The second-order valence-corrected chi connectivity index (χ2v) is 5.73. The largest absolute Gasteiger partial charge is 0.381 e. The molecular weight excluding hydrogens is 212 g/mol. The van der Waals surface area contributed by atoms with Crippen molar-refractivity contribution in [1.82, 2.24) is 0 Å². The van der Waals surface area contributed by atoms with Crippen molar-refractivity contribution in [2.24, 2.45) is 17.3 Å². The van der Waals surface area contributed by atoms with Gasteiger partial charge in [0.05, 0.1) is 19.8 Å². The van der Waals surface area contributed by atoms with E-state index >= 15 is 0 Å². The molecule has 2 aliphatic carbocycles. The van der Waals surface area contributed by atoms with Crippen LogP contribution in [0.1, 0.15) is 25.7 Å². The summed E-state index contributed by atoms with van der Waals surface area (Å²) in [6, 6.07) is 0. The van der Waals surface area contributed by atoms with Gasteiger partial charge in [0.2, 0.25) is 0 Å². The number of hydrogen-bond donors (Lipinski definition) is 0. The molecule has 2 fully saturated rings. The van der Waals surface area contributed by atoms with Gasteiger partial charge in [0.1, 0.15) is 0 Å². The van der Waals surface area contributed by atoms with E-state index in [0.29, 0.717) is 5.41 Å². The van der Waals surface area contributed by atoms with Crippen LogP contribution >= 0.6 is 0 Å². The lowest BCUT2D eigenvalue weighted by molar-refractivity contribution is 0.169. The topological polar surface area (TPSA) is 18.5 Å². The minimum atomic E-state index is 0.486. The van der Waals surface area contributed by atoms with Crippen LogP contribution in [0.5, 0.6) is 0 Å². The van der Waals surface area contributed by atoms with Crippen molar-refractivity contribution in [3.8, 4) is 0 Å². The van der Waals surface area contributed by atoms with Crippen molar-refractivity contribution in [1.29, 1.82) is 0 Å². The van der Waals surface area contributed by atoms with Crippen LogP contribution < -0.4 is 0 Å². The second kappa shape index (κ2) is 4.95. The fraction of sp³-hybridized carbons (Fsp3) is 0.733. The Morgan fingerprint density at radius 2 is 2.06 bits per heavy atom. The number of hydrogen-bond acceptors (Lipinski definition) is 2. The first-order valence-electron chi connectivity index (χ1n) is 6.88. The molecule has 4 aliphatic rings. The predicted molar refractivity (Wildman–Crippen MR) is 67.8 cm³/mol. The zero-order valence-electron chi connectivity index (χ0n) is 10.4. The van der Waals surface area contributed by atoms with Crippen molar-refractivity contribution in [3.63, 3.8) is 0 Å². The smallest absolute Gasteiger partial charge is 0.0557 e. The van der Waals surface area contributed by atoms with E-state index in [1.165, 1.54) is 25.7 Å². The molecule has 0 bridgehead atoms. The lowest BCUT2D eigenvalue weighted by Gasteiger charge is -2.16. The van der Waals surface area contributed by atoms with Gasteiger partial charge >= 0.3 is 0 Å². The van der Waals surface area contributed by atoms with Gasteiger partial charge in [-0.25, -0.2) is 0 Å². The van der Waals surface area contributed by atoms with Crippen LogP contribution in [-0.4, -0.2) is 26.4 Å². The van der Waals surface area contributed by atoms with Gasteiger partial charge in [-0.05, 0) is 31.6 Å². The van der Waals surface area contributed by atoms with Gasteiger partial charge in [-0.15, -0.1) is 0 Å². The second-order valence-electron chi connectivity index (χ2n) is 5.73. The Hall–Kier alpha value is -0.600. The van der Waals surface area contributed by atoms with E-state index < -0.39 is 0 Å². The maximum atomic E-state index is 5.33. The summed E-state index contributed by atoms with van der Waals surface area (Å²) in [5.41, 5.74) is 0.486. The molecule has 0 N–H and O–H groups in total. The molecule has 0 amide bonds. The molecule has 0 aromatic heterocycles. The molecule has 2 heteroatoms. The molecule has 3 atom stereocenters. The number of allylic oxidation sites excluding steroid dienone is 2. The van der Waals surface area contributed by atoms with Gasteiger partial charge in [-0.2, -0.15) is 0 Å². The van der Waals surface area contributed by atoms with Gasteiger partial charge in [0, 0.05) is 17.9 Å². The fourth-order valence-electron chi connectivity index (χ4n) is 3.24. The zero-order chi connectivity index (χ0) is 11.6. The molecule has 1 spiro atoms. The Kier molecular flexibility index (Phi) is 3.34. The predicted octanol–water partition coefficient (Wildman–Crippen LogP) is 2.95. The van der Waals surface area contributed by atoms with Gasteiger partial charge in [-0.3, -0.25) is 0 Å². The van der Waals surface area contributed by atoms with Crippen LogP contribution in [0.25, 0.3) is 0 Å². The van der Waals surface area contributed by atoms with Crippen LogP contribution in [0.4, 0.5) is 0 Å². The molecule has 2 aliphatic heterocycles. The third kappa shape index (κ3) is 2.48. The number of ether oxygens (including phenoxy) is 2. The zero-order valence-corrected chi connectivity index (χ0v) is 10.4. The van der Waals surface area contributed by atoms with Gasteiger partial charge < -0.3 is 9.47 Å². The highest BCUT2D eigenvalue weighted by molar-refractivity contribution is 5.08. The van der Waals surface area contributed by atoms with Crippen LogP contribution in [0, 0.1) is 17.3 Å². The SMILES string of the molecule is C1=CC2(CC1)CCOC2.C1=CC2COCC2C1. The first-order valence-corrected chi connectivity index (χ1v) is 6.88. The summed E-state index contributed by atoms with van der Waals surface area (Å²) in [6.45, 7) is 3.92. The Labute approximate surface area is 104 Å². The van der Waals surface area contributed by atoms with Gasteiger partial charge in [0.15, 0.2) is 0 Å². The van der Waals surface area contributed by atoms with Gasteiger partial charge in [-0.1, -0.05) is 24.3 Å². The van der Waals surface area contributed by atoms with E-state index in [-0.39, 0.29) is 0 Å². The quantitative estimate of drug-likeness (QED) is 0.600. The number of rotatable bonds is 0. The van der Waals surface area contributed by atoms with Crippen molar-refractivity contribution >= 4 is 0 Å². The highest BCUT2D eigenvalue weighted by Crippen LogP contribution is 2.39. The molecule has 2 nitrogen and oxygen atoms in total. The molecule has 2 saturated heterocycles. The van der Waals surface area contributed by atoms with Crippen molar-refractivity contribution in [2.75, 3.05) is 26.4 Å². The van der Waals surface area contributed by atoms with Crippen LogP contribution in [-0.2, 0) is 9.47 Å². The third-order valence-electron chi connectivity index (χ3n) is 4.48. The summed E-state index contributed by atoms with van der Waals surface area (Å²) in [5, 5.41) is 0. The first kappa shape index (κ1) is 11.5. The molecule has 4 rings (SSSR count). The van der Waals surface area contributed by atoms with E-state index in [9.17, 15) is 0 Å². The normalized spacial score (nSPS) is 41.9. The summed E-state index contributed by atoms with van der Waals surface area (Å²) >= 11 is 0. The number of fused-ring (bicyclic) bond motifs is 1. The third-order valence-corrected chi connectivity index (χ3v) is 4.48. The average molecular weight is 234 g/mol.